The normalized spacial score (nSPS) is 10.8. The van der Waals surface area contributed by atoms with Crippen molar-refractivity contribution in [1.29, 1.82) is 0 Å². The number of hydrogen-bond acceptors (Lipinski definition) is 5. The molecule has 1 aromatic heterocycles. The number of aromatic nitrogens is 1. The topological polar surface area (TPSA) is 60.5 Å². The molecule has 0 saturated heterocycles. The number of thiazole rings is 1. The number of carbonyl (C=O) groups is 1. The van der Waals surface area contributed by atoms with Crippen LogP contribution >= 0.6 is 11.3 Å². The lowest BCUT2D eigenvalue weighted by atomic mass is 10.1. The molecule has 158 valence electrons. The number of nitrogens with zero attached hydrogens (tertiary/aromatic N) is 1. The Morgan fingerprint density at radius 1 is 1.13 bits per heavy atom. The monoisotopic (exact) mass is 432 g/mol. The molecule has 0 unspecified atom stereocenters. The van der Waals surface area contributed by atoms with Crippen LogP contribution in [0.5, 0.6) is 11.5 Å². The lowest BCUT2D eigenvalue weighted by molar-refractivity contribution is -0.120. The van der Waals surface area contributed by atoms with Crippen LogP contribution in [0.3, 0.4) is 0 Å². The number of ether oxygens (including phenoxy) is 2. The van der Waals surface area contributed by atoms with Gasteiger partial charge in [0.05, 0.1) is 19.2 Å². The van der Waals surface area contributed by atoms with E-state index in [0.29, 0.717) is 11.3 Å². The lowest BCUT2D eigenvalue weighted by Crippen LogP contribution is -2.24. The molecule has 0 spiro atoms. The van der Waals surface area contributed by atoms with Crippen LogP contribution in [0.2, 0.25) is 0 Å². The zero-order valence-corrected chi connectivity index (χ0v) is 17.5. The maximum Gasteiger partial charge on any atom is 0.387 e. The van der Waals surface area contributed by atoms with Crippen molar-refractivity contribution in [3.63, 3.8) is 0 Å². The minimum Gasteiger partial charge on any atom is -0.493 e. The van der Waals surface area contributed by atoms with E-state index in [1.807, 2.05) is 17.5 Å². The van der Waals surface area contributed by atoms with Crippen molar-refractivity contribution < 1.29 is 23.0 Å². The summed E-state index contributed by atoms with van der Waals surface area (Å²) in [6.07, 6.45) is 1.14. The van der Waals surface area contributed by atoms with Crippen LogP contribution in [0.15, 0.2) is 47.8 Å². The molecule has 0 aliphatic heterocycles. The highest BCUT2D eigenvalue weighted by molar-refractivity contribution is 7.13. The molecule has 0 aliphatic carbocycles. The molecule has 0 atom stereocenters. The Labute approximate surface area is 177 Å². The first kappa shape index (κ1) is 21.7. The molecule has 0 bridgehead atoms. The highest BCUT2D eigenvalue weighted by Gasteiger charge is 2.12. The molecule has 2 aromatic carbocycles. The van der Waals surface area contributed by atoms with Gasteiger partial charge < -0.3 is 14.8 Å². The van der Waals surface area contributed by atoms with Gasteiger partial charge in [-0.15, -0.1) is 11.3 Å². The predicted molar refractivity (Wildman–Crippen MR) is 112 cm³/mol. The third kappa shape index (κ3) is 5.76. The van der Waals surface area contributed by atoms with Gasteiger partial charge in [0, 0.05) is 17.5 Å². The van der Waals surface area contributed by atoms with Gasteiger partial charge in [0.25, 0.3) is 0 Å². The number of aryl methyl sites for hydroxylation is 1. The smallest absolute Gasteiger partial charge is 0.387 e. The summed E-state index contributed by atoms with van der Waals surface area (Å²) >= 11 is 1.50. The van der Waals surface area contributed by atoms with Crippen molar-refractivity contribution in [1.82, 2.24) is 10.3 Å². The highest BCUT2D eigenvalue weighted by Crippen LogP contribution is 2.29. The standard InChI is InChI=1S/C22H22F2N2O3S/c1-3-14-4-7-16(8-5-14)21-26-17(13-30-21)11-20(27)25-12-15-6-9-18(29-22(23)24)19(10-15)28-2/h4-10,13,22H,3,11-12H2,1-2H3,(H,25,27). The fraction of sp³-hybridized carbons (Fsp3) is 0.273. The van der Waals surface area contributed by atoms with Gasteiger partial charge in [0.15, 0.2) is 11.5 Å². The average molecular weight is 432 g/mol. The minimum atomic E-state index is -2.93. The van der Waals surface area contributed by atoms with E-state index >= 15 is 0 Å². The van der Waals surface area contributed by atoms with Crippen LogP contribution in [-0.4, -0.2) is 24.6 Å². The first-order chi connectivity index (χ1) is 14.5. The van der Waals surface area contributed by atoms with Gasteiger partial charge in [-0.2, -0.15) is 8.78 Å². The van der Waals surface area contributed by atoms with Crippen molar-refractivity contribution in [3.05, 3.63) is 64.7 Å². The second kappa shape index (κ2) is 10.2. The number of hydrogen-bond donors (Lipinski definition) is 1. The summed E-state index contributed by atoms with van der Waals surface area (Å²) < 4.78 is 34.3. The van der Waals surface area contributed by atoms with Crippen molar-refractivity contribution in [2.45, 2.75) is 32.9 Å². The van der Waals surface area contributed by atoms with E-state index < -0.39 is 6.61 Å². The van der Waals surface area contributed by atoms with Crippen molar-refractivity contribution in [3.8, 4) is 22.1 Å². The Morgan fingerprint density at radius 3 is 2.53 bits per heavy atom. The summed E-state index contributed by atoms with van der Waals surface area (Å²) in [6.45, 7) is -0.590. The molecule has 0 radical (unpaired) electrons. The number of methoxy groups -OCH3 is 1. The number of carbonyl (C=O) groups excluding carboxylic acids is 1. The molecule has 3 aromatic rings. The summed E-state index contributed by atoms with van der Waals surface area (Å²) in [5.41, 5.74) is 3.70. The molecule has 3 rings (SSSR count). The molecule has 5 nitrogen and oxygen atoms in total. The van der Waals surface area contributed by atoms with E-state index in [1.54, 1.807) is 12.1 Å². The molecule has 8 heteroatoms. The van der Waals surface area contributed by atoms with Gasteiger partial charge in [-0.25, -0.2) is 4.98 Å². The fourth-order valence-corrected chi connectivity index (χ4v) is 3.67. The van der Waals surface area contributed by atoms with Gasteiger partial charge >= 0.3 is 6.61 Å². The van der Waals surface area contributed by atoms with Crippen molar-refractivity contribution >= 4 is 17.2 Å². The quantitative estimate of drug-likeness (QED) is 0.526. The van der Waals surface area contributed by atoms with E-state index in [1.165, 1.54) is 30.1 Å². The Bertz CT molecular complexity index is 990. The van der Waals surface area contributed by atoms with Gasteiger partial charge in [-0.3, -0.25) is 4.79 Å². The molecule has 1 N–H and O–H groups in total. The minimum absolute atomic E-state index is 0.0513. The first-order valence-corrected chi connectivity index (χ1v) is 10.3. The largest absolute Gasteiger partial charge is 0.493 e. The molecule has 1 amide bonds. The van der Waals surface area contributed by atoms with E-state index in [-0.39, 0.29) is 30.4 Å². The van der Waals surface area contributed by atoms with Crippen LogP contribution in [0.1, 0.15) is 23.7 Å². The van der Waals surface area contributed by atoms with Crippen LogP contribution in [0.25, 0.3) is 10.6 Å². The summed E-state index contributed by atoms with van der Waals surface area (Å²) in [5.74, 6) is -0.0510. The van der Waals surface area contributed by atoms with Crippen molar-refractivity contribution in [2.75, 3.05) is 7.11 Å². The summed E-state index contributed by atoms with van der Waals surface area (Å²) in [5, 5.41) is 5.56. The zero-order valence-electron chi connectivity index (χ0n) is 16.7. The summed E-state index contributed by atoms with van der Waals surface area (Å²) in [7, 11) is 1.37. The Morgan fingerprint density at radius 2 is 1.87 bits per heavy atom. The number of rotatable bonds is 9. The van der Waals surface area contributed by atoms with E-state index in [4.69, 9.17) is 4.74 Å². The maximum absolute atomic E-state index is 12.4. The zero-order chi connectivity index (χ0) is 21.5. The molecule has 0 fully saturated rings. The Balaban J connectivity index is 1.56. The third-order valence-electron chi connectivity index (χ3n) is 4.44. The Hall–Kier alpha value is -3.00. The van der Waals surface area contributed by atoms with Gasteiger partial charge in [-0.1, -0.05) is 37.3 Å². The van der Waals surface area contributed by atoms with Crippen LogP contribution in [0, 0.1) is 0 Å². The summed E-state index contributed by atoms with van der Waals surface area (Å²) in [4.78, 5) is 16.8. The fourth-order valence-electron chi connectivity index (χ4n) is 2.85. The van der Waals surface area contributed by atoms with E-state index in [2.05, 4.69) is 34.1 Å². The average Bonchev–Trinajstić information content (AvgIpc) is 3.21. The first-order valence-electron chi connectivity index (χ1n) is 9.40. The van der Waals surface area contributed by atoms with E-state index in [9.17, 15) is 13.6 Å². The van der Waals surface area contributed by atoms with Crippen molar-refractivity contribution in [2.24, 2.45) is 0 Å². The number of alkyl halides is 2. The second-order valence-electron chi connectivity index (χ2n) is 6.51. The molecular formula is C22H22F2N2O3S. The molecular weight excluding hydrogens is 410 g/mol. The molecule has 1 heterocycles. The third-order valence-corrected chi connectivity index (χ3v) is 5.38. The number of nitrogens with one attached hydrogen (secondary N) is 1. The van der Waals surface area contributed by atoms with Gasteiger partial charge in [0.1, 0.15) is 5.01 Å². The van der Waals surface area contributed by atoms with Crippen LogP contribution in [0.4, 0.5) is 8.78 Å². The maximum atomic E-state index is 12.4. The number of amides is 1. The summed E-state index contributed by atoms with van der Waals surface area (Å²) in [6, 6.07) is 12.8. The molecule has 0 saturated carbocycles. The van der Waals surface area contributed by atoms with Crippen LogP contribution in [-0.2, 0) is 24.2 Å². The van der Waals surface area contributed by atoms with E-state index in [0.717, 1.165) is 17.0 Å². The number of benzene rings is 2. The van der Waals surface area contributed by atoms with Gasteiger partial charge in [-0.05, 0) is 29.7 Å². The molecule has 30 heavy (non-hydrogen) atoms. The van der Waals surface area contributed by atoms with Crippen LogP contribution < -0.4 is 14.8 Å². The highest BCUT2D eigenvalue weighted by atomic mass is 32.1. The van der Waals surface area contributed by atoms with Gasteiger partial charge in [0.2, 0.25) is 5.91 Å². The number of halogens is 2. The Kier molecular flexibility index (Phi) is 7.35. The molecule has 0 aliphatic rings. The SMILES string of the molecule is CCc1ccc(-c2nc(CC(=O)NCc3ccc(OC(F)F)c(OC)c3)cs2)cc1. The second-order valence-corrected chi connectivity index (χ2v) is 7.37. The lowest BCUT2D eigenvalue weighted by Gasteiger charge is -2.11. The predicted octanol–water partition coefficient (Wildman–Crippen LogP) is 4.84.